The van der Waals surface area contributed by atoms with E-state index in [2.05, 4.69) is 41.8 Å². The van der Waals surface area contributed by atoms with E-state index in [0.717, 1.165) is 10.0 Å². The summed E-state index contributed by atoms with van der Waals surface area (Å²) in [4.78, 5) is 18.7. The lowest BCUT2D eigenvalue weighted by molar-refractivity contribution is 1.05. The van der Waals surface area contributed by atoms with Gasteiger partial charge in [-0.05, 0) is 41.1 Å². The van der Waals surface area contributed by atoms with Crippen molar-refractivity contribution in [3.05, 3.63) is 48.2 Å². The first-order chi connectivity index (χ1) is 7.99. The molecule has 88 valence electrons. The third-order valence-corrected chi connectivity index (χ3v) is 4.07. The van der Waals surface area contributed by atoms with Gasteiger partial charge in [0.15, 0.2) is 0 Å². The maximum Gasteiger partial charge on any atom is 0.265 e. The minimum atomic E-state index is -0.209. The molecule has 1 aromatic carbocycles. The van der Waals surface area contributed by atoms with Crippen LogP contribution < -0.4 is 5.56 Å². The number of aromatic amines is 1. The van der Waals surface area contributed by atoms with Gasteiger partial charge in [-0.25, -0.2) is 4.98 Å². The van der Waals surface area contributed by atoms with Crippen molar-refractivity contribution in [2.24, 2.45) is 0 Å². The van der Waals surface area contributed by atoms with Crippen molar-refractivity contribution in [1.82, 2.24) is 9.97 Å². The van der Waals surface area contributed by atoms with Crippen molar-refractivity contribution < 1.29 is 0 Å². The highest BCUT2D eigenvalue weighted by atomic mass is 79.9. The molecular formula is C11H7Br2ClN2O. The van der Waals surface area contributed by atoms with Crippen molar-refractivity contribution in [2.75, 3.05) is 0 Å². The van der Waals surface area contributed by atoms with E-state index < -0.39 is 0 Å². The van der Waals surface area contributed by atoms with Crippen molar-refractivity contribution in [2.45, 2.75) is 6.92 Å². The first kappa shape index (κ1) is 12.8. The van der Waals surface area contributed by atoms with E-state index in [0.29, 0.717) is 21.0 Å². The van der Waals surface area contributed by atoms with Crippen LogP contribution in [0.3, 0.4) is 0 Å². The van der Waals surface area contributed by atoms with E-state index in [1.54, 1.807) is 19.1 Å². The fourth-order valence-corrected chi connectivity index (χ4v) is 2.17. The van der Waals surface area contributed by atoms with Crippen LogP contribution in [0, 0.1) is 6.92 Å². The topological polar surface area (TPSA) is 45.8 Å². The normalized spacial score (nSPS) is 10.6. The molecule has 0 spiro atoms. The molecule has 0 aliphatic heterocycles. The lowest BCUT2D eigenvalue weighted by atomic mass is 10.2. The molecule has 2 rings (SSSR count). The van der Waals surface area contributed by atoms with Gasteiger partial charge in [0.05, 0.1) is 5.69 Å². The highest BCUT2D eigenvalue weighted by Gasteiger charge is 2.10. The van der Waals surface area contributed by atoms with Gasteiger partial charge in [0.1, 0.15) is 10.3 Å². The molecule has 0 saturated carbocycles. The fourth-order valence-electron chi connectivity index (χ4n) is 1.38. The summed E-state index contributed by atoms with van der Waals surface area (Å²) in [7, 11) is 0. The Kier molecular flexibility index (Phi) is 3.70. The number of nitrogens with one attached hydrogen (secondary N) is 1. The van der Waals surface area contributed by atoms with Crippen molar-refractivity contribution >= 4 is 43.5 Å². The molecule has 2 aromatic rings. The SMILES string of the molecule is Cc1nc(-c2cc(Cl)ccc2Br)[nH]c(=O)c1Br. The zero-order valence-corrected chi connectivity index (χ0v) is 12.6. The molecule has 6 heteroatoms. The van der Waals surface area contributed by atoms with E-state index >= 15 is 0 Å². The molecule has 0 atom stereocenters. The van der Waals surface area contributed by atoms with E-state index in [1.165, 1.54) is 0 Å². The number of halogens is 3. The van der Waals surface area contributed by atoms with Gasteiger partial charge in [0, 0.05) is 15.1 Å². The van der Waals surface area contributed by atoms with Gasteiger partial charge in [-0.3, -0.25) is 4.79 Å². The maximum atomic E-state index is 11.6. The number of hydrogen-bond donors (Lipinski definition) is 1. The minimum Gasteiger partial charge on any atom is -0.306 e. The number of aryl methyl sites for hydroxylation is 1. The van der Waals surface area contributed by atoms with Gasteiger partial charge in [-0.2, -0.15) is 0 Å². The molecule has 0 bridgehead atoms. The van der Waals surface area contributed by atoms with Crippen molar-refractivity contribution in [3.63, 3.8) is 0 Å². The monoisotopic (exact) mass is 376 g/mol. The Labute approximate surface area is 119 Å². The minimum absolute atomic E-state index is 0.209. The van der Waals surface area contributed by atoms with Crippen LogP contribution >= 0.6 is 43.5 Å². The molecule has 0 aliphatic carbocycles. The molecule has 0 amide bonds. The van der Waals surface area contributed by atoms with E-state index in [1.807, 2.05) is 6.07 Å². The highest BCUT2D eigenvalue weighted by Crippen LogP contribution is 2.28. The van der Waals surface area contributed by atoms with Crippen LogP contribution in [0.1, 0.15) is 5.69 Å². The predicted molar refractivity (Wildman–Crippen MR) is 75.4 cm³/mol. The molecule has 1 aromatic heterocycles. The molecule has 17 heavy (non-hydrogen) atoms. The second kappa shape index (κ2) is 4.92. The molecule has 1 N–H and O–H groups in total. The van der Waals surface area contributed by atoms with Crippen LogP contribution in [0.5, 0.6) is 0 Å². The average molecular weight is 378 g/mol. The number of rotatable bonds is 1. The number of aromatic nitrogens is 2. The van der Waals surface area contributed by atoms with Crippen LogP contribution in [0.25, 0.3) is 11.4 Å². The third-order valence-electron chi connectivity index (χ3n) is 2.21. The van der Waals surface area contributed by atoms with Gasteiger partial charge in [0.25, 0.3) is 5.56 Å². The maximum absolute atomic E-state index is 11.6. The Hall–Kier alpha value is -0.650. The largest absolute Gasteiger partial charge is 0.306 e. The predicted octanol–water partition coefficient (Wildman–Crippen LogP) is 3.92. The zero-order chi connectivity index (χ0) is 12.6. The Bertz CT molecular complexity index is 640. The molecule has 1 heterocycles. The second-order valence-corrected chi connectivity index (χ2v) is 5.52. The van der Waals surface area contributed by atoms with Crippen molar-refractivity contribution in [3.8, 4) is 11.4 Å². The lowest BCUT2D eigenvalue weighted by Crippen LogP contribution is -2.12. The smallest absolute Gasteiger partial charge is 0.265 e. The summed E-state index contributed by atoms with van der Waals surface area (Å²) in [5.74, 6) is 0.491. The summed E-state index contributed by atoms with van der Waals surface area (Å²) in [5.41, 5.74) is 1.18. The van der Waals surface area contributed by atoms with Crippen molar-refractivity contribution in [1.29, 1.82) is 0 Å². The van der Waals surface area contributed by atoms with Crippen LogP contribution in [0.4, 0.5) is 0 Å². The number of hydrogen-bond acceptors (Lipinski definition) is 2. The molecule has 0 aliphatic rings. The first-order valence-corrected chi connectivity index (χ1v) is 6.67. The van der Waals surface area contributed by atoms with Crippen LogP contribution in [-0.4, -0.2) is 9.97 Å². The number of benzene rings is 1. The summed E-state index contributed by atoms with van der Waals surface area (Å²) in [6.45, 7) is 1.77. The van der Waals surface area contributed by atoms with Gasteiger partial charge < -0.3 is 4.98 Å². The first-order valence-electron chi connectivity index (χ1n) is 4.71. The Morgan fingerprint density at radius 1 is 1.35 bits per heavy atom. The average Bonchev–Trinajstić information content (AvgIpc) is 2.28. The van der Waals surface area contributed by atoms with Gasteiger partial charge >= 0.3 is 0 Å². The Balaban J connectivity index is 2.69. The molecular weight excluding hydrogens is 371 g/mol. The third kappa shape index (κ3) is 2.61. The second-order valence-electron chi connectivity index (χ2n) is 3.44. The lowest BCUT2D eigenvalue weighted by Gasteiger charge is -2.06. The fraction of sp³-hybridized carbons (Fsp3) is 0.0909. The molecule has 0 radical (unpaired) electrons. The van der Waals surface area contributed by atoms with E-state index in [9.17, 15) is 4.79 Å². The molecule has 0 unspecified atom stereocenters. The van der Waals surface area contributed by atoms with E-state index in [4.69, 9.17) is 11.6 Å². The zero-order valence-electron chi connectivity index (χ0n) is 8.72. The van der Waals surface area contributed by atoms with Crippen LogP contribution in [0.2, 0.25) is 5.02 Å². The van der Waals surface area contributed by atoms with Crippen LogP contribution in [-0.2, 0) is 0 Å². The van der Waals surface area contributed by atoms with Gasteiger partial charge in [0.2, 0.25) is 0 Å². The number of H-pyrrole nitrogens is 1. The van der Waals surface area contributed by atoms with Gasteiger partial charge in [-0.15, -0.1) is 0 Å². The molecule has 3 nitrogen and oxygen atoms in total. The summed E-state index contributed by atoms with van der Waals surface area (Å²) < 4.78 is 1.27. The summed E-state index contributed by atoms with van der Waals surface area (Å²) >= 11 is 12.5. The Morgan fingerprint density at radius 3 is 2.71 bits per heavy atom. The number of nitrogens with zero attached hydrogens (tertiary/aromatic N) is 1. The molecule has 0 saturated heterocycles. The highest BCUT2D eigenvalue weighted by molar-refractivity contribution is 9.10. The van der Waals surface area contributed by atoms with E-state index in [-0.39, 0.29) is 5.56 Å². The quantitative estimate of drug-likeness (QED) is 0.817. The summed E-state index contributed by atoms with van der Waals surface area (Å²) in [6.07, 6.45) is 0. The Morgan fingerprint density at radius 2 is 2.06 bits per heavy atom. The van der Waals surface area contributed by atoms with Crippen LogP contribution in [0.15, 0.2) is 31.9 Å². The standard InChI is InChI=1S/C11H7Br2ClN2O/c1-5-9(13)11(17)16-10(15-5)7-4-6(14)2-3-8(7)12/h2-4H,1H3,(H,15,16,17). The summed E-state index contributed by atoms with van der Waals surface area (Å²) in [6, 6.07) is 5.32. The summed E-state index contributed by atoms with van der Waals surface area (Å²) in [5, 5.41) is 0.589. The van der Waals surface area contributed by atoms with Gasteiger partial charge in [-0.1, -0.05) is 27.5 Å². The molecule has 0 fully saturated rings.